The zero-order chi connectivity index (χ0) is 17.2. The highest BCUT2D eigenvalue weighted by Gasteiger charge is 2.32. The molecule has 1 amide bonds. The summed E-state index contributed by atoms with van der Waals surface area (Å²) < 4.78 is 5.37. The molecule has 1 unspecified atom stereocenters. The lowest BCUT2D eigenvalue weighted by Crippen LogP contribution is -2.42. The minimum atomic E-state index is -1.06. The molecule has 1 saturated heterocycles. The number of carboxylic acids is 1. The molecule has 8 nitrogen and oxygen atoms in total. The van der Waals surface area contributed by atoms with Gasteiger partial charge in [-0.1, -0.05) is 0 Å². The van der Waals surface area contributed by atoms with Crippen molar-refractivity contribution in [2.75, 3.05) is 25.0 Å². The number of amides is 1. The SMILES string of the molecule is CN(C(=O)OC(C)(C)C)C1CCN(c2ncc(C(=O)O)cn2)C1. The van der Waals surface area contributed by atoms with E-state index in [0.29, 0.717) is 19.0 Å². The van der Waals surface area contributed by atoms with Crippen molar-refractivity contribution in [2.45, 2.75) is 38.8 Å². The third-order valence-electron chi connectivity index (χ3n) is 3.56. The molecule has 1 aliphatic rings. The molecule has 1 fully saturated rings. The summed E-state index contributed by atoms with van der Waals surface area (Å²) in [6, 6.07) is 0.00704. The van der Waals surface area contributed by atoms with E-state index in [2.05, 4.69) is 9.97 Å². The highest BCUT2D eigenvalue weighted by molar-refractivity contribution is 5.86. The van der Waals surface area contributed by atoms with Gasteiger partial charge in [0, 0.05) is 32.5 Å². The van der Waals surface area contributed by atoms with Crippen molar-refractivity contribution in [3.05, 3.63) is 18.0 Å². The van der Waals surface area contributed by atoms with E-state index in [1.807, 2.05) is 25.7 Å². The molecule has 0 spiro atoms. The number of aromatic nitrogens is 2. The van der Waals surface area contributed by atoms with Gasteiger partial charge in [-0.15, -0.1) is 0 Å². The van der Waals surface area contributed by atoms with Gasteiger partial charge < -0.3 is 19.6 Å². The number of hydrogen-bond acceptors (Lipinski definition) is 6. The van der Waals surface area contributed by atoms with E-state index in [0.717, 1.165) is 6.42 Å². The van der Waals surface area contributed by atoms with Crippen LogP contribution in [0.5, 0.6) is 0 Å². The number of carbonyl (C=O) groups excluding carboxylic acids is 1. The highest BCUT2D eigenvalue weighted by atomic mass is 16.6. The molecule has 23 heavy (non-hydrogen) atoms. The van der Waals surface area contributed by atoms with Crippen molar-refractivity contribution >= 4 is 18.0 Å². The predicted molar refractivity (Wildman–Crippen MR) is 83.6 cm³/mol. The second-order valence-electron chi connectivity index (χ2n) is 6.56. The summed E-state index contributed by atoms with van der Waals surface area (Å²) >= 11 is 0. The van der Waals surface area contributed by atoms with Crippen LogP contribution in [0.15, 0.2) is 12.4 Å². The summed E-state index contributed by atoms with van der Waals surface area (Å²) in [6.45, 7) is 6.78. The van der Waals surface area contributed by atoms with Crippen LogP contribution in [0.4, 0.5) is 10.7 Å². The molecule has 8 heteroatoms. The Kier molecular flexibility index (Phi) is 4.72. The van der Waals surface area contributed by atoms with Gasteiger partial charge in [-0.3, -0.25) is 0 Å². The maximum Gasteiger partial charge on any atom is 0.410 e. The van der Waals surface area contributed by atoms with Gasteiger partial charge in [0.05, 0.1) is 11.6 Å². The number of aromatic carboxylic acids is 1. The fourth-order valence-corrected chi connectivity index (χ4v) is 2.32. The molecule has 1 aromatic rings. The third kappa shape index (κ3) is 4.30. The monoisotopic (exact) mass is 322 g/mol. The average Bonchev–Trinajstić information content (AvgIpc) is 2.94. The Labute approximate surface area is 135 Å². The normalized spacial score (nSPS) is 17.9. The van der Waals surface area contributed by atoms with Gasteiger partial charge in [0.15, 0.2) is 0 Å². The molecule has 0 aromatic carbocycles. The van der Waals surface area contributed by atoms with Crippen LogP contribution >= 0.6 is 0 Å². The molecule has 1 N–H and O–H groups in total. The lowest BCUT2D eigenvalue weighted by atomic mass is 10.2. The molecule has 2 rings (SSSR count). The first-order valence-electron chi connectivity index (χ1n) is 7.43. The number of likely N-dealkylation sites (N-methyl/N-ethyl adjacent to an activating group) is 1. The van der Waals surface area contributed by atoms with Crippen LogP contribution in [-0.4, -0.2) is 63.8 Å². The van der Waals surface area contributed by atoms with Crippen LogP contribution in [0.2, 0.25) is 0 Å². The smallest absolute Gasteiger partial charge is 0.410 e. The van der Waals surface area contributed by atoms with E-state index in [-0.39, 0.29) is 17.7 Å². The fraction of sp³-hybridized carbons (Fsp3) is 0.600. The molecule has 1 atom stereocenters. The number of carboxylic acid groups (broad SMARTS) is 1. The Bertz CT molecular complexity index is 582. The Hall–Kier alpha value is -2.38. The maximum atomic E-state index is 12.1. The predicted octanol–water partition coefficient (Wildman–Crippen LogP) is 1.62. The molecule has 126 valence electrons. The van der Waals surface area contributed by atoms with Gasteiger partial charge >= 0.3 is 12.1 Å². The topological polar surface area (TPSA) is 95.9 Å². The Morgan fingerprint density at radius 1 is 1.35 bits per heavy atom. The van der Waals surface area contributed by atoms with Gasteiger partial charge in [0.25, 0.3) is 0 Å². The van der Waals surface area contributed by atoms with Crippen LogP contribution in [0.3, 0.4) is 0 Å². The first-order chi connectivity index (χ1) is 10.7. The minimum absolute atomic E-state index is 0.00704. The molecule has 0 radical (unpaired) electrons. The molecular formula is C15H22N4O4. The van der Waals surface area contributed by atoms with E-state index in [1.165, 1.54) is 12.4 Å². The number of carbonyl (C=O) groups is 2. The number of nitrogens with zero attached hydrogens (tertiary/aromatic N) is 4. The minimum Gasteiger partial charge on any atom is -0.478 e. The van der Waals surface area contributed by atoms with Crippen LogP contribution in [-0.2, 0) is 4.74 Å². The lowest BCUT2D eigenvalue weighted by molar-refractivity contribution is 0.0237. The van der Waals surface area contributed by atoms with Crippen molar-refractivity contribution in [2.24, 2.45) is 0 Å². The standard InChI is InChI=1S/C15H22N4O4/c1-15(2,3)23-14(22)18(4)11-5-6-19(9-11)13-16-7-10(8-17-13)12(20)21/h7-8,11H,5-6,9H2,1-4H3,(H,20,21). The third-order valence-corrected chi connectivity index (χ3v) is 3.56. The average molecular weight is 322 g/mol. The quantitative estimate of drug-likeness (QED) is 0.903. The summed E-state index contributed by atoms with van der Waals surface area (Å²) in [5, 5.41) is 8.86. The van der Waals surface area contributed by atoms with Crippen molar-refractivity contribution in [1.29, 1.82) is 0 Å². The van der Waals surface area contributed by atoms with Gasteiger partial charge in [0.1, 0.15) is 5.60 Å². The molecule has 1 aromatic heterocycles. The molecule has 1 aliphatic heterocycles. The number of rotatable bonds is 3. The van der Waals surface area contributed by atoms with E-state index < -0.39 is 11.6 Å². The van der Waals surface area contributed by atoms with Gasteiger partial charge in [-0.25, -0.2) is 19.6 Å². The summed E-state index contributed by atoms with van der Waals surface area (Å²) in [7, 11) is 1.72. The van der Waals surface area contributed by atoms with Gasteiger partial charge in [-0.05, 0) is 27.2 Å². The van der Waals surface area contributed by atoms with E-state index in [9.17, 15) is 9.59 Å². The Morgan fingerprint density at radius 3 is 2.48 bits per heavy atom. The van der Waals surface area contributed by atoms with Crippen molar-refractivity contribution in [3.63, 3.8) is 0 Å². The second-order valence-corrected chi connectivity index (χ2v) is 6.56. The maximum absolute atomic E-state index is 12.1. The van der Waals surface area contributed by atoms with E-state index in [4.69, 9.17) is 9.84 Å². The van der Waals surface area contributed by atoms with Crippen LogP contribution in [0, 0.1) is 0 Å². The molecular weight excluding hydrogens is 300 g/mol. The molecule has 0 aliphatic carbocycles. The number of ether oxygens (including phenoxy) is 1. The van der Waals surface area contributed by atoms with Crippen molar-refractivity contribution < 1.29 is 19.4 Å². The van der Waals surface area contributed by atoms with Gasteiger partial charge in [0.2, 0.25) is 5.95 Å². The summed E-state index contributed by atoms with van der Waals surface area (Å²) in [4.78, 5) is 34.6. The highest BCUT2D eigenvalue weighted by Crippen LogP contribution is 2.20. The molecule has 0 bridgehead atoms. The first-order valence-corrected chi connectivity index (χ1v) is 7.43. The first kappa shape index (κ1) is 17.0. The molecule has 2 heterocycles. The largest absolute Gasteiger partial charge is 0.478 e. The van der Waals surface area contributed by atoms with E-state index in [1.54, 1.807) is 11.9 Å². The molecule has 0 saturated carbocycles. The summed E-state index contributed by atoms with van der Waals surface area (Å²) in [6.07, 6.45) is 3.00. The Balaban J connectivity index is 1.97. The van der Waals surface area contributed by atoms with E-state index >= 15 is 0 Å². The summed E-state index contributed by atoms with van der Waals surface area (Å²) in [5.41, 5.74) is -0.477. The number of anilines is 1. The summed E-state index contributed by atoms with van der Waals surface area (Å²) in [5.74, 6) is -0.587. The zero-order valence-corrected chi connectivity index (χ0v) is 13.8. The zero-order valence-electron chi connectivity index (χ0n) is 13.8. The van der Waals surface area contributed by atoms with Crippen LogP contribution in [0.25, 0.3) is 0 Å². The number of hydrogen-bond donors (Lipinski definition) is 1. The fourth-order valence-electron chi connectivity index (χ4n) is 2.32. The lowest BCUT2D eigenvalue weighted by Gasteiger charge is -2.28. The second kappa shape index (κ2) is 6.39. The van der Waals surface area contributed by atoms with Crippen LogP contribution < -0.4 is 4.90 Å². The Morgan fingerprint density at radius 2 is 1.96 bits per heavy atom. The van der Waals surface area contributed by atoms with Gasteiger partial charge in [-0.2, -0.15) is 0 Å². The van der Waals surface area contributed by atoms with Crippen molar-refractivity contribution in [1.82, 2.24) is 14.9 Å². The van der Waals surface area contributed by atoms with Crippen molar-refractivity contribution in [3.8, 4) is 0 Å². The van der Waals surface area contributed by atoms with Crippen LogP contribution in [0.1, 0.15) is 37.6 Å².